The smallest absolute Gasteiger partial charge is 0.116 e. The Morgan fingerprint density at radius 2 is 1.27 bits per heavy atom. The number of aliphatic hydroxyl groups excluding tert-OH is 2. The summed E-state index contributed by atoms with van der Waals surface area (Å²) in [6.07, 6.45) is 23.0. The Bertz CT molecular complexity index is 348. The standard InChI is InChI=1S/C25H50O5/c1-3-4-5-6-7-8-9-10-11-12-13-14-15-16-17-18-19-29-23-25(22-28-2)30-21-24(27)20-26/h18-19,24-27H,3-17,20-23H2,1-2H3. The van der Waals surface area contributed by atoms with E-state index in [9.17, 15) is 5.11 Å². The van der Waals surface area contributed by atoms with Crippen molar-refractivity contribution in [1.29, 1.82) is 0 Å². The van der Waals surface area contributed by atoms with Crippen LogP contribution in [-0.2, 0) is 14.2 Å². The van der Waals surface area contributed by atoms with Gasteiger partial charge in [0.2, 0.25) is 0 Å². The lowest BCUT2D eigenvalue weighted by molar-refractivity contribution is -0.0716. The van der Waals surface area contributed by atoms with Gasteiger partial charge in [-0.05, 0) is 18.9 Å². The van der Waals surface area contributed by atoms with Gasteiger partial charge in [0, 0.05) is 7.11 Å². The van der Waals surface area contributed by atoms with Crippen molar-refractivity contribution >= 4 is 0 Å². The lowest BCUT2D eigenvalue weighted by Crippen LogP contribution is -2.30. The molecular weight excluding hydrogens is 380 g/mol. The Morgan fingerprint density at radius 3 is 1.77 bits per heavy atom. The molecule has 5 nitrogen and oxygen atoms in total. The minimum absolute atomic E-state index is 0.0800. The maximum absolute atomic E-state index is 9.33. The van der Waals surface area contributed by atoms with Crippen molar-refractivity contribution < 1.29 is 24.4 Å². The summed E-state index contributed by atoms with van der Waals surface area (Å²) >= 11 is 0. The summed E-state index contributed by atoms with van der Waals surface area (Å²) in [5, 5.41) is 18.1. The molecule has 0 aromatic heterocycles. The molecule has 0 aromatic carbocycles. The summed E-state index contributed by atoms with van der Waals surface area (Å²) in [7, 11) is 1.60. The third-order valence-electron chi connectivity index (χ3n) is 5.29. The minimum Gasteiger partial charge on any atom is -0.499 e. The normalized spacial score (nSPS) is 13.7. The van der Waals surface area contributed by atoms with Gasteiger partial charge in [0.25, 0.3) is 0 Å². The van der Waals surface area contributed by atoms with Crippen molar-refractivity contribution in [2.45, 2.75) is 115 Å². The first-order valence-corrected chi connectivity index (χ1v) is 12.4. The van der Waals surface area contributed by atoms with Crippen molar-refractivity contribution in [2.75, 3.05) is 33.5 Å². The van der Waals surface area contributed by atoms with Crippen LogP contribution in [0.15, 0.2) is 12.3 Å². The average Bonchev–Trinajstić information content (AvgIpc) is 2.76. The summed E-state index contributed by atoms with van der Waals surface area (Å²) in [5.41, 5.74) is 0. The first-order valence-electron chi connectivity index (χ1n) is 12.4. The molecule has 0 saturated carbocycles. The number of unbranched alkanes of at least 4 members (excludes halogenated alkanes) is 14. The highest BCUT2D eigenvalue weighted by atomic mass is 16.6. The van der Waals surface area contributed by atoms with Crippen LogP contribution in [0.5, 0.6) is 0 Å². The summed E-state index contributed by atoms with van der Waals surface area (Å²) in [6.45, 7) is 2.82. The highest BCUT2D eigenvalue weighted by Crippen LogP contribution is 2.13. The SMILES string of the molecule is CCCCCCCCCCCCCCCCC=COCC(COC)OCC(O)CO. The lowest BCUT2D eigenvalue weighted by atomic mass is 10.0. The first kappa shape index (κ1) is 29.4. The van der Waals surface area contributed by atoms with Gasteiger partial charge >= 0.3 is 0 Å². The van der Waals surface area contributed by atoms with Gasteiger partial charge in [0.05, 0.1) is 26.1 Å². The number of methoxy groups -OCH3 is 1. The predicted octanol–water partition coefficient (Wildman–Crippen LogP) is 5.77. The fourth-order valence-electron chi connectivity index (χ4n) is 3.39. The molecule has 0 amide bonds. The highest BCUT2D eigenvalue weighted by molar-refractivity contribution is 4.74. The second kappa shape index (κ2) is 24.6. The maximum atomic E-state index is 9.33. The van der Waals surface area contributed by atoms with Crippen molar-refractivity contribution in [3.8, 4) is 0 Å². The summed E-state index contributed by atoms with van der Waals surface area (Å²) in [6, 6.07) is 0. The number of allylic oxidation sites excluding steroid dienone is 1. The van der Waals surface area contributed by atoms with Gasteiger partial charge in [-0.3, -0.25) is 0 Å². The van der Waals surface area contributed by atoms with Crippen molar-refractivity contribution in [1.82, 2.24) is 0 Å². The molecule has 0 aliphatic carbocycles. The van der Waals surface area contributed by atoms with Gasteiger partial charge in [-0.2, -0.15) is 0 Å². The molecule has 0 radical (unpaired) electrons. The van der Waals surface area contributed by atoms with E-state index in [-0.39, 0.29) is 19.3 Å². The molecule has 0 spiro atoms. The van der Waals surface area contributed by atoms with E-state index >= 15 is 0 Å². The van der Waals surface area contributed by atoms with Crippen LogP contribution in [0.25, 0.3) is 0 Å². The van der Waals surface area contributed by atoms with Crippen molar-refractivity contribution in [3.05, 3.63) is 12.3 Å². The van der Waals surface area contributed by atoms with Gasteiger partial charge < -0.3 is 24.4 Å². The molecule has 0 rings (SSSR count). The van der Waals surface area contributed by atoms with Crippen LogP contribution < -0.4 is 0 Å². The molecule has 2 N–H and O–H groups in total. The second-order valence-corrected chi connectivity index (χ2v) is 8.34. The molecule has 2 atom stereocenters. The van der Waals surface area contributed by atoms with Gasteiger partial charge in [-0.15, -0.1) is 0 Å². The van der Waals surface area contributed by atoms with Crippen molar-refractivity contribution in [3.63, 3.8) is 0 Å². The van der Waals surface area contributed by atoms with Gasteiger partial charge in [-0.1, -0.05) is 90.4 Å². The third kappa shape index (κ3) is 22.1. The molecule has 0 bridgehead atoms. The quantitative estimate of drug-likeness (QED) is 0.150. The van der Waals surface area contributed by atoms with E-state index in [1.165, 1.54) is 89.9 Å². The Labute approximate surface area is 186 Å². The zero-order chi connectivity index (χ0) is 22.1. The molecule has 0 aliphatic rings. The summed E-state index contributed by atoms with van der Waals surface area (Å²) in [5.74, 6) is 0. The summed E-state index contributed by atoms with van der Waals surface area (Å²) in [4.78, 5) is 0. The number of aliphatic hydroxyl groups is 2. The Hall–Kier alpha value is -0.620. The van der Waals surface area contributed by atoms with Crippen LogP contribution in [0.4, 0.5) is 0 Å². The van der Waals surface area contributed by atoms with E-state index in [1.807, 2.05) is 0 Å². The lowest BCUT2D eigenvalue weighted by Gasteiger charge is -2.18. The van der Waals surface area contributed by atoms with E-state index in [4.69, 9.17) is 19.3 Å². The van der Waals surface area contributed by atoms with Crippen LogP contribution in [0.1, 0.15) is 103 Å². The molecular formula is C25H50O5. The number of rotatable bonds is 24. The van der Waals surface area contributed by atoms with E-state index in [0.29, 0.717) is 13.2 Å². The maximum Gasteiger partial charge on any atom is 0.116 e. The Balaban J connectivity index is 3.37. The van der Waals surface area contributed by atoms with Gasteiger partial charge in [0.15, 0.2) is 0 Å². The molecule has 0 aliphatic heterocycles. The fourth-order valence-corrected chi connectivity index (χ4v) is 3.39. The number of hydrogen-bond acceptors (Lipinski definition) is 5. The van der Waals surface area contributed by atoms with Crippen LogP contribution in [0.2, 0.25) is 0 Å². The van der Waals surface area contributed by atoms with E-state index in [0.717, 1.165) is 6.42 Å². The van der Waals surface area contributed by atoms with Crippen LogP contribution in [0, 0.1) is 0 Å². The molecule has 0 fully saturated rings. The van der Waals surface area contributed by atoms with E-state index in [1.54, 1.807) is 13.4 Å². The molecule has 0 aromatic rings. The zero-order valence-corrected chi connectivity index (χ0v) is 19.9. The largest absolute Gasteiger partial charge is 0.499 e. The van der Waals surface area contributed by atoms with Crippen molar-refractivity contribution in [2.24, 2.45) is 0 Å². The minimum atomic E-state index is -0.861. The molecule has 180 valence electrons. The van der Waals surface area contributed by atoms with Crippen LogP contribution in [0.3, 0.4) is 0 Å². The molecule has 0 saturated heterocycles. The average molecular weight is 431 g/mol. The zero-order valence-electron chi connectivity index (χ0n) is 19.9. The molecule has 5 heteroatoms. The third-order valence-corrected chi connectivity index (χ3v) is 5.29. The number of hydrogen-bond donors (Lipinski definition) is 2. The van der Waals surface area contributed by atoms with E-state index in [2.05, 4.69) is 13.0 Å². The Kier molecular flexibility index (Phi) is 24.1. The second-order valence-electron chi connectivity index (χ2n) is 8.34. The monoisotopic (exact) mass is 430 g/mol. The molecule has 0 heterocycles. The molecule has 2 unspecified atom stereocenters. The highest BCUT2D eigenvalue weighted by Gasteiger charge is 2.11. The Morgan fingerprint density at radius 1 is 0.733 bits per heavy atom. The number of ether oxygens (including phenoxy) is 3. The predicted molar refractivity (Wildman–Crippen MR) is 125 cm³/mol. The van der Waals surface area contributed by atoms with E-state index < -0.39 is 6.10 Å². The summed E-state index contributed by atoms with van der Waals surface area (Å²) < 4.78 is 16.1. The topological polar surface area (TPSA) is 68.2 Å². The van der Waals surface area contributed by atoms with Crippen LogP contribution >= 0.6 is 0 Å². The molecule has 30 heavy (non-hydrogen) atoms. The first-order chi connectivity index (χ1) is 14.7. The van der Waals surface area contributed by atoms with Gasteiger partial charge in [0.1, 0.15) is 18.8 Å². The fraction of sp³-hybridized carbons (Fsp3) is 0.920. The van der Waals surface area contributed by atoms with Gasteiger partial charge in [-0.25, -0.2) is 0 Å². The van der Waals surface area contributed by atoms with Crippen LogP contribution in [-0.4, -0.2) is 56.0 Å².